The zero-order valence-corrected chi connectivity index (χ0v) is 9.68. The molecular formula is C17H10O. The fourth-order valence-corrected chi connectivity index (χ4v) is 2.76. The van der Waals surface area contributed by atoms with E-state index in [9.17, 15) is 4.79 Å². The van der Waals surface area contributed by atoms with Crippen molar-refractivity contribution in [1.82, 2.24) is 0 Å². The molecule has 0 bridgehead atoms. The Balaban J connectivity index is 2.20. The van der Waals surface area contributed by atoms with Gasteiger partial charge in [-0.15, -0.1) is 0 Å². The van der Waals surface area contributed by atoms with Crippen LogP contribution in [-0.2, 0) is 0 Å². The number of rotatable bonds is 0. The fraction of sp³-hybridized carbons (Fsp3) is 0. The van der Waals surface area contributed by atoms with Gasteiger partial charge in [-0.25, -0.2) is 0 Å². The fourth-order valence-electron chi connectivity index (χ4n) is 2.76. The van der Waals surface area contributed by atoms with Crippen LogP contribution in [0.4, 0.5) is 0 Å². The van der Waals surface area contributed by atoms with Gasteiger partial charge in [0.2, 0.25) is 0 Å². The number of benzene rings is 2. The van der Waals surface area contributed by atoms with Gasteiger partial charge in [-0.2, -0.15) is 0 Å². The predicted molar refractivity (Wildman–Crippen MR) is 73.4 cm³/mol. The monoisotopic (exact) mass is 230 g/mol. The number of allylic oxidation sites excluding steroid dienone is 1. The van der Waals surface area contributed by atoms with Gasteiger partial charge in [-0.1, -0.05) is 54.6 Å². The summed E-state index contributed by atoms with van der Waals surface area (Å²) in [5.74, 6) is 0.104. The maximum Gasteiger partial charge on any atom is 0.187 e. The van der Waals surface area contributed by atoms with E-state index in [0.717, 1.165) is 27.1 Å². The van der Waals surface area contributed by atoms with Gasteiger partial charge in [0.1, 0.15) is 0 Å². The second kappa shape index (κ2) is 3.30. The zero-order chi connectivity index (χ0) is 12.1. The van der Waals surface area contributed by atoms with Crippen molar-refractivity contribution < 1.29 is 4.79 Å². The second-order valence-corrected chi connectivity index (χ2v) is 4.61. The molecule has 0 unspecified atom stereocenters. The van der Waals surface area contributed by atoms with Gasteiger partial charge < -0.3 is 0 Å². The van der Waals surface area contributed by atoms with E-state index in [1.165, 1.54) is 5.56 Å². The molecule has 0 atom stereocenters. The van der Waals surface area contributed by atoms with Crippen molar-refractivity contribution in [1.29, 1.82) is 0 Å². The third kappa shape index (κ3) is 1.13. The van der Waals surface area contributed by atoms with Gasteiger partial charge in [0, 0.05) is 5.56 Å². The van der Waals surface area contributed by atoms with Crippen LogP contribution in [-0.4, -0.2) is 5.78 Å². The average Bonchev–Trinajstić information content (AvgIpc) is 2.88. The molecule has 2 aliphatic rings. The van der Waals surface area contributed by atoms with Crippen molar-refractivity contribution in [2.75, 3.05) is 0 Å². The Morgan fingerprint density at radius 3 is 2.50 bits per heavy atom. The van der Waals surface area contributed by atoms with Crippen LogP contribution < -0.4 is 10.4 Å². The Bertz CT molecular complexity index is 838. The number of Topliss-reactive ketones (excluding diaryl/α,β-unsaturated/α-hetero) is 1. The minimum absolute atomic E-state index is 0.104. The van der Waals surface area contributed by atoms with Crippen LogP contribution in [0.5, 0.6) is 0 Å². The molecule has 0 spiro atoms. The van der Waals surface area contributed by atoms with E-state index >= 15 is 0 Å². The first-order valence-corrected chi connectivity index (χ1v) is 6.01. The number of hydrogen-bond donors (Lipinski definition) is 0. The highest BCUT2D eigenvalue weighted by atomic mass is 16.1. The molecule has 0 saturated heterocycles. The second-order valence-electron chi connectivity index (χ2n) is 4.61. The SMILES string of the molecule is O=C1C=c2c(ccc3c2=CC=C3)-c2ccccc21. The summed E-state index contributed by atoms with van der Waals surface area (Å²) in [6.45, 7) is 0. The molecule has 0 amide bonds. The molecule has 1 nitrogen and oxygen atoms in total. The van der Waals surface area contributed by atoms with E-state index in [1.54, 1.807) is 6.08 Å². The lowest BCUT2D eigenvalue weighted by Crippen LogP contribution is -2.31. The normalized spacial score (nSPS) is 14.3. The molecule has 0 aliphatic heterocycles. The lowest BCUT2D eigenvalue weighted by molar-refractivity contribution is 0.106. The number of carbonyl (C=O) groups excluding carboxylic acids is 1. The lowest BCUT2D eigenvalue weighted by Gasteiger charge is -2.13. The number of hydrogen-bond acceptors (Lipinski definition) is 1. The van der Waals surface area contributed by atoms with Gasteiger partial charge in [0.05, 0.1) is 0 Å². The molecule has 2 aromatic rings. The van der Waals surface area contributed by atoms with E-state index in [0.29, 0.717) is 0 Å². The highest BCUT2D eigenvalue weighted by Gasteiger charge is 2.17. The van der Waals surface area contributed by atoms with E-state index in [1.807, 2.05) is 30.3 Å². The number of fused-ring (bicyclic) bond motifs is 5. The summed E-state index contributed by atoms with van der Waals surface area (Å²) in [6.07, 6.45) is 7.95. The van der Waals surface area contributed by atoms with Gasteiger partial charge in [-0.05, 0) is 33.2 Å². The molecule has 0 N–H and O–H groups in total. The molecule has 0 fully saturated rings. The Morgan fingerprint density at radius 1 is 0.778 bits per heavy atom. The summed E-state index contributed by atoms with van der Waals surface area (Å²) >= 11 is 0. The molecule has 0 radical (unpaired) electrons. The number of ketones is 1. The standard InChI is InChI=1S/C17H10O/c18-17-10-16-12-7-3-4-11(12)8-9-14(16)13-5-1-2-6-15(13)17/h1-10H. The summed E-state index contributed by atoms with van der Waals surface area (Å²) in [5, 5.41) is 2.22. The lowest BCUT2D eigenvalue weighted by atomic mass is 9.89. The molecule has 0 aromatic heterocycles. The molecule has 0 heterocycles. The quantitative estimate of drug-likeness (QED) is 0.677. The first kappa shape index (κ1) is 9.60. The molecule has 84 valence electrons. The van der Waals surface area contributed by atoms with Crippen LogP contribution in [0.15, 0.2) is 42.5 Å². The van der Waals surface area contributed by atoms with Crippen LogP contribution in [0, 0.1) is 0 Å². The van der Waals surface area contributed by atoms with Crippen molar-refractivity contribution in [2.24, 2.45) is 0 Å². The van der Waals surface area contributed by atoms with Gasteiger partial charge in [-0.3, -0.25) is 4.79 Å². The third-order valence-corrected chi connectivity index (χ3v) is 3.62. The molecule has 0 saturated carbocycles. The largest absolute Gasteiger partial charge is 0.289 e. The Kier molecular flexibility index (Phi) is 1.76. The van der Waals surface area contributed by atoms with E-state index in [2.05, 4.69) is 24.3 Å². The molecule has 2 aliphatic carbocycles. The first-order chi connectivity index (χ1) is 8.84. The van der Waals surface area contributed by atoms with Crippen LogP contribution in [0.2, 0.25) is 0 Å². The molecule has 18 heavy (non-hydrogen) atoms. The van der Waals surface area contributed by atoms with E-state index < -0.39 is 0 Å². The summed E-state index contributed by atoms with van der Waals surface area (Å²) in [7, 11) is 0. The van der Waals surface area contributed by atoms with Crippen molar-refractivity contribution in [3.63, 3.8) is 0 Å². The van der Waals surface area contributed by atoms with Crippen LogP contribution in [0.3, 0.4) is 0 Å². The van der Waals surface area contributed by atoms with E-state index in [4.69, 9.17) is 0 Å². The average molecular weight is 230 g/mol. The highest BCUT2D eigenvalue weighted by Crippen LogP contribution is 2.24. The Hall–Kier alpha value is -2.41. The predicted octanol–water partition coefficient (Wildman–Crippen LogP) is 2.14. The van der Waals surface area contributed by atoms with Crippen molar-refractivity contribution in [2.45, 2.75) is 0 Å². The third-order valence-electron chi connectivity index (χ3n) is 3.62. The van der Waals surface area contributed by atoms with Crippen LogP contribution in [0.25, 0.3) is 29.4 Å². The first-order valence-electron chi connectivity index (χ1n) is 6.01. The van der Waals surface area contributed by atoms with Crippen molar-refractivity contribution >= 4 is 24.0 Å². The highest BCUT2D eigenvalue weighted by molar-refractivity contribution is 6.22. The summed E-state index contributed by atoms with van der Waals surface area (Å²) < 4.78 is 0. The molecule has 2 aromatic carbocycles. The molecule has 1 heteroatoms. The number of carbonyl (C=O) groups is 1. The zero-order valence-electron chi connectivity index (χ0n) is 9.68. The van der Waals surface area contributed by atoms with Gasteiger partial charge in [0.25, 0.3) is 0 Å². The van der Waals surface area contributed by atoms with Gasteiger partial charge >= 0.3 is 0 Å². The molecule has 4 rings (SSSR count). The Morgan fingerprint density at radius 2 is 1.61 bits per heavy atom. The maximum atomic E-state index is 12.2. The van der Waals surface area contributed by atoms with Crippen LogP contribution in [0.1, 0.15) is 15.9 Å². The van der Waals surface area contributed by atoms with Crippen LogP contribution >= 0.6 is 0 Å². The Labute approximate surface area is 104 Å². The summed E-state index contributed by atoms with van der Waals surface area (Å²) in [6, 6.07) is 12.0. The molecular weight excluding hydrogens is 220 g/mol. The van der Waals surface area contributed by atoms with Gasteiger partial charge in [0.15, 0.2) is 5.78 Å². The minimum Gasteiger partial charge on any atom is -0.289 e. The smallest absolute Gasteiger partial charge is 0.187 e. The summed E-state index contributed by atoms with van der Waals surface area (Å²) in [4.78, 5) is 12.2. The minimum atomic E-state index is 0.104. The summed E-state index contributed by atoms with van der Waals surface area (Å²) in [5.41, 5.74) is 4.19. The van der Waals surface area contributed by atoms with Crippen molar-refractivity contribution in [3.8, 4) is 11.1 Å². The maximum absolute atomic E-state index is 12.2. The van der Waals surface area contributed by atoms with Crippen molar-refractivity contribution in [3.05, 3.63) is 64.0 Å². The van der Waals surface area contributed by atoms with E-state index in [-0.39, 0.29) is 5.78 Å². The topological polar surface area (TPSA) is 17.1 Å².